The molecule has 8 heteroatoms. The van der Waals surface area contributed by atoms with Crippen molar-refractivity contribution in [2.24, 2.45) is 0 Å². The van der Waals surface area contributed by atoms with Crippen LogP contribution < -0.4 is 15.0 Å². The van der Waals surface area contributed by atoms with E-state index in [1.165, 1.54) is 11.8 Å². The second-order valence-corrected chi connectivity index (χ2v) is 7.13. The molecule has 7 nitrogen and oxygen atoms in total. The summed E-state index contributed by atoms with van der Waals surface area (Å²) >= 11 is 1.42. The fraction of sp³-hybridized carbons (Fsp3) is 0.350. The lowest BCUT2D eigenvalue weighted by molar-refractivity contribution is 0.355. The summed E-state index contributed by atoms with van der Waals surface area (Å²) in [5.41, 5.74) is 3.00. The van der Waals surface area contributed by atoms with Crippen molar-refractivity contribution in [3.05, 3.63) is 51.3 Å². The first-order valence-electron chi connectivity index (χ1n) is 8.88. The van der Waals surface area contributed by atoms with Gasteiger partial charge in [-0.3, -0.25) is 4.79 Å². The maximum Gasteiger partial charge on any atom is 0.254 e. The Morgan fingerprint density at radius 2 is 1.89 bits per heavy atom. The number of rotatable bonds is 7. The van der Waals surface area contributed by atoms with Gasteiger partial charge in [0.1, 0.15) is 5.76 Å². The molecule has 0 spiro atoms. The number of hydrogen-bond acceptors (Lipinski definition) is 7. The van der Waals surface area contributed by atoms with Crippen molar-refractivity contribution in [2.45, 2.75) is 38.1 Å². The van der Waals surface area contributed by atoms with E-state index in [1.54, 1.807) is 14.2 Å². The van der Waals surface area contributed by atoms with Crippen LogP contribution in [0.5, 0.6) is 11.5 Å². The maximum absolute atomic E-state index is 12.1. The van der Waals surface area contributed by atoms with Gasteiger partial charge in [-0.05, 0) is 38.5 Å². The van der Waals surface area contributed by atoms with Gasteiger partial charge < -0.3 is 18.9 Å². The van der Waals surface area contributed by atoms with Gasteiger partial charge in [0.05, 0.1) is 19.9 Å². The molecule has 1 N–H and O–H groups in total. The number of nitrogens with one attached hydrogen (secondary N) is 1. The molecule has 0 aliphatic heterocycles. The standard InChI is InChI=1S/C20H23N3O4S/c1-6-14-11(2)21-20(23-18(14)24)28-10-15-12(3)27-19(22-15)13-7-8-16(25-4)17(9-13)26-5/h7-9H,6,10H2,1-5H3,(H,21,23,24). The molecule has 0 aliphatic carbocycles. The van der Waals surface area contributed by atoms with Crippen LogP contribution >= 0.6 is 11.8 Å². The highest BCUT2D eigenvalue weighted by molar-refractivity contribution is 7.98. The Morgan fingerprint density at radius 1 is 1.14 bits per heavy atom. The van der Waals surface area contributed by atoms with Crippen molar-refractivity contribution in [1.29, 1.82) is 0 Å². The number of nitrogens with zero attached hydrogens (tertiary/aromatic N) is 2. The molecule has 1 aromatic carbocycles. The van der Waals surface area contributed by atoms with Crippen LogP contribution in [0.2, 0.25) is 0 Å². The van der Waals surface area contributed by atoms with E-state index < -0.39 is 0 Å². The first kappa shape index (κ1) is 20.0. The second-order valence-electron chi connectivity index (χ2n) is 6.17. The number of hydrogen-bond donors (Lipinski definition) is 1. The Balaban J connectivity index is 1.81. The van der Waals surface area contributed by atoms with Gasteiger partial charge in [-0.2, -0.15) is 0 Å². The van der Waals surface area contributed by atoms with Crippen LogP contribution in [0.4, 0.5) is 0 Å². The molecule has 2 aromatic heterocycles. The van der Waals surface area contributed by atoms with Gasteiger partial charge in [0.15, 0.2) is 16.7 Å². The molecule has 0 saturated heterocycles. The third-order valence-electron chi connectivity index (χ3n) is 4.42. The lowest BCUT2D eigenvalue weighted by Crippen LogP contribution is -2.16. The van der Waals surface area contributed by atoms with E-state index in [2.05, 4.69) is 15.0 Å². The van der Waals surface area contributed by atoms with E-state index in [9.17, 15) is 4.79 Å². The zero-order chi connectivity index (χ0) is 20.3. The molecule has 28 heavy (non-hydrogen) atoms. The number of aromatic amines is 1. The quantitative estimate of drug-likeness (QED) is 0.474. The smallest absolute Gasteiger partial charge is 0.254 e. The van der Waals surface area contributed by atoms with Gasteiger partial charge in [-0.15, -0.1) is 0 Å². The highest BCUT2D eigenvalue weighted by Gasteiger charge is 2.15. The molecule has 0 atom stereocenters. The molecule has 3 rings (SSSR count). The minimum atomic E-state index is -0.0830. The van der Waals surface area contributed by atoms with Gasteiger partial charge in [-0.1, -0.05) is 18.7 Å². The Morgan fingerprint density at radius 3 is 2.54 bits per heavy atom. The summed E-state index contributed by atoms with van der Waals surface area (Å²) in [7, 11) is 3.18. The Bertz CT molecular complexity index is 1040. The number of ether oxygens (including phenoxy) is 2. The summed E-state index contributed by atoms with van der Waals surface area (Å²) in [6.45, 7) is 5.67. The molecule has 0 unspecified atom stereocenters. The van der Waals surface area contributed by atoms with Gasteiger partial charge >= 0.3 is 0 Å². The average Bonchev–Trinajstić information content (AvgIpc) is 3.06. The monoisotopic (exact) mass is 401 g/mol. The van der Waals surface area contributed by atoms with Crippen LogP contribution in [-0.4, -0.2) is 29.2 Å². The van der Waals surface area contributed by atoms with Crippen LogP contribution in [0, 0.1) is 13.8 Å². The molecule has 0 fully saturated rings. The maximum atomic E-state index is 12.1. The Hall–Kier alpha value is -2.74. The third-order valence-corrected chi connectivity index (χ3v) is 5.31. The van der Waals surface area contributed by atoms with Crippen molar-refractivity contribution < 1.29 is 13.9 Å². The molecule has 0 aliphatic rings. The molecule has 0 radical (unpaired) electrons. The number of H-pyrrole nitrogens is 1. The predicted octanol–water partition coefficient (Wildman–Crippen LogP) is 3.91. The van der Waals surface area contributed by atoms with Crippen molar-refractivity contribution in [3.63, 3.8) is 0 Å². The fourth-order valence-corrected chi connectivity index (χ4v) is 3.77. The van der Waals surface area contributed by atoms with Crippen LogP contribution in [0.15, 0.2) is 32.6 Å². The normalized spacial score (nSPS) is 10.9. The van der Waals surface area contributed by atoms with Gasteiger partial charge in [0.25, 0.3) is 5.56 Å². The molecular formula is C20H23N3O4S. The van der Waals surface area contributed by atoms with Crippen LogP contribution in [0.3, 0.4) is 0 Å². The summed E-state index contributed by atoms with van der Waals surface area (Å²) in [4.78, 5) is 24.0. The fourth-order valence-electron chi connectivity index (χ4n) is 2.86. The third kappa shape index (κ3) is 4.06. The zero-order valence-electron chi connectivity index (χ0n) is 16.6. The van der Waals surface area contributed by atoms with Gasteiger partial charge in [0.2, 0.25) is 5.89 Å². The van der Waals surface area contributed by atoms with E-state index in [4.69, 9.17) is 13.9 Å². The highest BCUT2D eigenvalue weighted by Crippen LogP contribution is 2.33. The minimum absolute atomic E-state index is 0.0830. The molecule has 3 aromatic rings. The molecule has 0 amide bonds. The van der Waals surface area contributed by atoms with E-state index in [0.717, 1.165) is 28.3 Å². The zero-order valence-corrected chi connectivity index (χ0v) is 17.4. The summed E-state index contributed by atoms with van der Waals surface area (Å²) in [5.74, 6) is 3.03. The molecule has 148 valence electrons. The number of thioether (sulfide) groups is 1. The number of aromatic nitrogens is 3. The average molecular weight is 401 g/mol. The van der Waals surface area contributed by atoms with E-state index in [1.807, 2.05) is 39.0 Å². The summed E-state index contributed by atoms with van der Waals surface area (Å²) in [6.07, 6.45) is 0.663. The number of aryl methyl sites for hydroxylation is 2. The Labute approximate surface area is 167 Å². The van der Waals surface area contributed by atoms with Gasteiger partial charge in [0, 0.05) is 22.6 Å². The largest absolute Gasteiger partial charge is 0.493 e. The lowest BCUT2D eigenvalue weighted by atomic mass is 10.2. The molecule has 0 bridgehead atoms. The number of methoxy groups -OCH3 is 2. The Kier molecular flexibility index (Phi) is 6.08. The topological polar surface area (TPSA) is 90.2 Å². The minimum Gasteiger partial charge on any atom is -0.493 e. The van der Waals surface area contributed by atoms with E-state index >= 15 is 0 Å². The van der Waals surface area contributed by atoms with Gasteiger partial charge in [-0.25, -0.2) is 9.97 Å². The summed E-state index contributed by atoms with van der Waals surface area (Å²) in [6, 6.07) is 5.51. The first-order chi connectivity index (χ1) is 13.5. The van der Waals surface area contributed by atoms with Crippen molar-refractivity contribution in [2.75, 3.05) is 14.2 Å². The highest BCUT2D eigenvalue weighted by atomic mass is 32.2. The van der Waals surface area contributed by atoms with E-state index in [-0.39, 0.29) is 5.56 Å². The van der Waals surface area contributed by atoms with Crippen molar-refractivity contribution in [1.82, 2.24) is 15.0 Å². The number of benzene rings is 1. The SMILES string of the molecule is CCc1c(C)nc(SCc2nc(-c3ccc(OC)c(OC)c3)oc2C)[nH]c1=O. The van der Waals surface area contributed by atoms with Crippen molar-refractivity contribution in [3.8, 4) is 23.0 Å². The summed E-state index contributed by atoms with van der Waals surface area (Å²) < 4.78 is 16.4. The van der Waals surface area contributed by atoms with Crippen LogP contribution in [0.1, 0.15) is 29.6 Å². The van der Waals surface area contributed by atoms with Crippen molar-refractivity contribution >= 4 is 11.8 Å². The summed E-state index contributed by atoms with van der Waals surface area (Å²) in [5, 5.41) is 0.578. The molecule has 2 heterocycles. The first-order valence-corrected chi connectivity index (χ1v) is 9.86. The molecule has 0 saturated carbocycles. The van der Waals surface area contributed by atoms with Crippen LogP contribution in [-0.2, 0) is 12.2 Å². The van der Waals surface area contributed by atoms with Crippen LogP contribution in [0.25, 0.3) is 11.5 Å². The lowest BCUT2D eigenvalue weighted by Gasteiger charge is -2.07. The predicted molar refractivity (Wildman–Crippen MR) is 108 cm³/mol. The number of oxazole rings is 1. The van der Waals surface area contributed by atoms with E-state index in [0.29, 0.717) is 34.7 Å². The molecular weight excluding hydrogens is 378 g/mol. The second kappa shape index (κ2) is 8.52.